The highest BCUT2D eigenvalue weighted by Gasteiger charge is 2.22. The van der Waals surface area contributed by atoms with Crippen molar-refractivity contribution in [3.8, 4) is 44.5 Å². The summed E-state index contributed by atoms with van der Waals surface area (Å²) in [7, 11) is 0. The van der Waals surface area contributed by atoms with E-state index in [2.05, 4.69) is 93.7 Å². The van der Waals surface area contributed by atoms with Gasteiger partial charge in [0, 0.05) is 171 Å². The molecule has 0 saturated heterocycles. The lowest BCUT2D eigenvalue weighted by atomic mass is 10.0. The lowest BCUT2D eigenvalue weighted by Gasteiger charge is -2.16. The van der Waals surface area contributed by atoms with Gasteiger partial charge in [-0.15, -0.1) is 0 Å². The predicted octanol–water partition coefficient (Wildman–Crippen LogP) is 6.00. The van der Waals surface area contributed by atoms with Gasteiger partial charge in [-0.3, -0.25) is 39.1 Å². The normalized spacial score (nSPS) is 14.8. The molecule has 4 amide bonds. The van der Waals surface area contributed by atoms with Crippen molar-refractivity contribution in [1.29, 1.82) is 0 Å². The number of fused-ring (bicyclic) bond motifs is 8. The average Bonchev–Trinajstić information content (AvgIpc) is 1.63. The van der Waals surface area contributed by atoms with Crippen molar-refractivity contribution in [1.82, 2.24) is 83.7 Å². The maximum Gasteiger partial charge on any atom is 0.251 e. The summed E-state index contributed by atoms with van der Waals surface area (Å²) in [5.74, 6) is 2.14. The van der Waals surface area contributed by atoms with Gasteiger partial charge in [0.1, 0.15) is 0 Å². The van der Waals surface area contributed by atoms with Crippen LogP contribution in [0, 0.1) is 0 Å². The van der Waals surface area contributed by atoms with Crippen molar-refractivity contribution >= 4 is 93.8 Å². The molecule has 6 aliphatic rings. The van der Waals surface area contributed by atoms with E-state index in [0.717, 1.165) is 168 Å². The minimum Gasteiger partial charge on any atom is -0.356 e. The lowest BCUT2D eigenvalue weighted by molar-refractivity contribution is 0.0946. The zero-order valence-corrected chi connectivity index (χ0v) is 53.3. The van der Waals surface area contributed by atoms with Crippen LogP contribution in [0.4, 0.5) is 0 Å². The number of nitrogens with zero attached hydrogens (tertiary/aromatic N) is 6. The van der Waals surface area contributed by atoms with Gasteiger partial charge in [0.25, 0.3) is 23.6 Å². The standard InChI is InChI=1S/C72H78N20O4/c93-65(73-37-41-85-69-77-29-1-30-78-69)49-13-5-45(6-14-49)61-53-21-23-55(89-53)62(46-7-15-50(16-8-46)66(94)74-38-42-86-70-79-31-2-32-80-70)57-25-27-59(91-57)64(48-11-19-52(20-12-48)68(96)76-40-44-88-72-83-35-4-36-84-72)60-28-26-58(92-60)63(56-24-22-54(61)90-56)47-9-17-51(18-10-47)67(95)75-39-43-87-71-81-33-3-34-82-71/h5-28,89,92H,1-4,29-44H2,(H,73,93)(H,74,94)(H,75,95)(H,76,96)(H2,77,78,85)(H2,79,80,86)(H2,81,82,87)(H2,83,84,88). The summed E-state index contributed by atoms with van der Waals surface area (Å²) < 4.78 is 0. The number of hydrogen-bond acceptors (Lipinski definition) is 18. The van der Waals surface area contributed by atoms with E-state index < -0.39 is 0 Å². The Morgan fingerprint density at radius 2 is 0.531 bits per heavy atom. The zero-order chi connectivity index (χ0) is 65.4. The largest absolute Gasteiger partial charge is 0.356 e. The molecule has 6 aliphatic heterocycles. The first-order valence-corrected chi connectivity index (χ1v) is 33.0. The first-order valence-electron chi connectivity index (χ1n) is 33.0. The number of nitrogens with one attached hydrogen (secondary N) is 14. The van der Waals surface area contributed by atoms with Crippen molar-refractivity contribution < 1.29 is 19.2 Å². The Morgan fingerprint density at radius 1 is 0.302 bits per heavy atom. The molecule has 490 valence electrons. The van der Waals surface area contributed by atoms with E-state index in [1.165, 1.54) is 0 Å². The van der Waals surface area contributed by atoms with Gasteiger partial charge in [-0.1, -0.05) is 48.5 Å². The van der Waals surface area contributed by atoms with Crippen LogP contribution < -0.4 is 63.8 Å². The van der Waals surface area contributed by atoms with E-state index in [0.29, 0.717) is 97.4 Å². The van der Waals surface area contributed by atoms with Crippen molar-refractivity contribution in [2.75, 3.05) is 105 Å². The number of rotatable bonds is 20. The molecule has 24 nitrogen and oxygen atoms in total. The fourth-order valence-corrected chi connectivity index (χ4v) is 12.0. The fraction of sp³-hybridized carbons (Fsp3) is 0.278. The summed E-state index contributed by atoms with van der Waals surface area (Å²) in [6, 6.07) is 38.2. The average molecular weight is 1290 g/mol. The Hall–Kier alpha value is -11.6. The molecule has 0 atom stereocenters. The third-order valence-corrected chi connectivity index (χ3v) is 16.9. The molecule has 13 rings (SSSR count). The maximum atomic E-state index is 13.7. The molecule has 14 N–H and O–H groups in total. The number of carbonyl (C=O) groups excluding carboxylic acids is 4. The summed E-state index contributed by atoms with van der Waals surface area (Å²) in [6.07, 6.45) is 12.0. The molecule has 8 bridgehead atoms. The molecule has 0 aliphatic carbocycles. The van der Waals surface area contributed by atoms with E-state index in [1.54, 1.807) is 0 Å². The third-order valence-electron chi connectivity index (χ3n) is 16.9. The predicted molar refractivity (Wildman–Crippen MR) is 382 cm³/mol. The zero-order valence-electron chi connectivity index (χ0n) is 53.3. The van der Waals surface area contributed by atoms with Crippen LogP contribution in [0.5, 0.6) is 0 Å². The summed E-state index contributed by atoms with van der Waals surface area (Å²) in [4.78, 5) is 91.1. The SMILES string of the molecule is O=C(NCCNC1=NCCCN1)c1ccc(-c2c3nc(c(-c4ccc(C(=O)NCCNC5=NCCCN5)cc4)c4ccc([nH]4)c(-c4ccc(C(=O)NCCNC5=NCCCN5)cc4)c4nc(c(-c5ccc(C(=O)NCCNC6=NCCCN6)cc5)c5ccc2[nH]5)C=C4)C=C3)cc1. The number of H-pyrrole nitrogens is 2. The van der Waals surface area contributed by atoms with Crippen LogP contribution in [0.3, 0.4) is 0 Å². The van der Waals surface area contributed by atoms with Crippen LogP contribution in [-0.2, 0) is 0 Å². The van der Waals surface area contributed by atoms with Gasteiger partial charge < -0.3 is 73.8 Å². The number of amides is 4. The first-order chi connectivity index (χ1) is 47.2. The van der Waals surface area contributed by atoms with Crippen LogP contribution in [0.2, 0.25) is 0 Å². The van der Waals surface area contributed by atoms with Crippen molar-refractivity contribution in [3.05, 3.63) is 166 Å². The lowest BCUT2D eigenvalue weighted by Crippen LogP contribution is -2.43. The van der Waals surface area contributed by atoms with Gasteiger partial charge in [0.15, 0.2) is 23.8 Å². The molecule has 0 saturated carbocycles. The number of aliphatic imine (C=N–C) groups is 4. The summed E-state index contributed by atoms with van der Waals surface area (Å²) >= 11 is 0. The minimum absolute atomic E-state index is 0.208. The van der Waals surface area contributed by atoms with Gasteiger partial charge in [0.05, 0.1) is 22.8 Å². The van der Waals surface area contributed by atoms with E-state index >= 15 is 0 Å². The highest BCUT2D eigenvalue weighted by atomic mass is 16.2. The smallest absolute Gasteiger partial charge is 0.251 e. The Kier molecular flexibility index (Phi) is 20.1. The van der Waals surface area contributed by atoms with Crippen LogP contribution in [0.15, 0.2) is 141 Å². The molecule has 0 unspecified atom stereocenters. The Morgan fingerprint density at radius 3 is 0.740 bits per heavy atom. The molecule has 0 fully saturated rings. The summed E-state index contributed by atoms with van der Waals surface area (Å²) in [5, 5.41) is 38.2. The topological polar surface area (TPSA) is 319 Å². The quantitative estimate of drug-likeness (QED) is 0.0390. The second-order valence-electron chi connectivity index (χ2n) is 23.6. The molecule has 0 radical (unpaired) electrons. The molecular formula is C72H78N20O4. The van der Waals surface area contributed by atoms with Crippen LogP contribution in [-0.4, -0.2) is 172 Å². The third kappa shape index (κ3) is 15.4. The van der Waals surface area contributed by atoms with Crippen LogP contribution in [0.1, 0.15) is 89.9 Å². The number of benzene rings is 4. The summed E-state index contributed by atoms with van der Waals surface area (Å²) in [5.41, 5.74) is 13.9. The highest BCUT2D eigenvalue weighted by molar-refractivity contribution is 6.03. The minimum atomic E-state index is -0.208. The second kappa shape index (κ2) is 30.5. The monoisotopic (exact) mass is 1290 g/mol. The fourth-order valence-electron chi connectivity index (χ4n) is 12.0. The maximum absolute atomic E-state index is 13.7. The molecule has 96 heavy (non-hydrogen) atoms. The van der Waals surface area contributed by atoms with Crippen molar-refractivity contribution in [2.24, 2.45) is 20.0 Å². The van der Waals surface area contributed by atoms with E-state index in [-0.39, 0.29) is 23.6 Å². The van der Waals surface area contributed by atoms with Crippen molar-refractivity contribution in [2.45, 2.75) is 25.7 Å². The van der Waals surface area contributed by atoms with Gasteiger partial charge >= 0.3 is 0 Å². The van der Waals surface area contributed by atoms with E-state index in [4.69, 9.17) is 9.97 Å². The molecule has 24 heteroatoms. The van der Waals surface area contributed by atoms with Gasteiger partial charge in [-0.05, 0) is 145 Å². The van der Waals surface area contributed by atoms with E-state index in [9.17, 15) is 19.2 Å². The molecule has 7 aromatic rings. The van der Waals surface area contributed by atoms with Crippen LogP contribution in [0.25, 0.3) is 90.9 Å². The first kappa shape index (κ1) is 63.2. The summed E-state index contributed by atoms with van der Waals surface area (Å²) in [6.45, 7) is 10.2. The van der Waals surface area contributed by atoms with Crippen LogP contribution >= 0.6 is 0 Å². The number of aromatic amines is 2. The number of carbonyl (C=O) groups is 4. The molecule has 9 heterocycles. The molecule has 3 aromatic heterocycles. The highest BCUT2D eigenvalue weighted by Crippen LogP contribution is 2.39. The van der Waals surface area contributed by atoms with Crippen molar-refractivity contribution in [3.63, 3.8) is 0 Å². The Bertz CT molecular complexity index is 3840. The van der Waals surface area contributed by atoms with Gasteiger partial charge in [0.2, 0.25) is 0 Å². The number of aromatic nitrogens is 4. The molecule has 0 spiro atoms. The van der Waals surface area contributed by atoms with Gasteiger partial charge in [-0.2, -0.15) is 0 Å². The molecular weight excluding hydrogens is 1210 g/mol. The second-order valence-corrected chi connectivity index (χ2v) is 23.6. The van der Waals surface area contributed by atoms with E-state index in [1.807, 2.05) is 146 Å². The Balaban J connectivity index is 0.904. The number of guanidine groups is 4. The molecule has 4 aromatic carbocycles. The number of hydrogen-bond donors (Lipinski definition) is 14. The Labute approximate surface area is 555 Å². The van der Waals surface area contributed by atoms with Gasteiger partial charge in [-0.25, -0.2) is 9.97 Å².